The van der Waals surface area contributed by atoms with Crippen molar-refractivity contribution < 1.29 is 0 Å². The van der Waals surface area contributed by atoms with E-state index in [0.717, 1.165) is 35.4 Å². The van der Waals surface area contributed by atoms with Crippen LogP contribution >= 0.6 is 24.2 Å². The lowest BCUT2D eigenvalue weighted by Crippen LogP contribution is -2.08. The zero-order chi connectivity index (χ0) is 13.0. The topological polar surface area (TPSA) is 74.6 Å². The second kappa shape index (κ2) is 7.52. The minimum atomic E-state index is 0. The van der Waals surface area contributed by atoms with Gasteiger partial charge in [0.1, 0.15) is 5.82 Å². The molecule has 0 saturated carbocycles. The van der Waals surface area contributed by atoms with Gasteiger partial charge >= 0.3 is 0 Å². The molecule has 0 aliphatic heterocycles. The number of aromatic nitrogens is 5. The van der Waals surface area contributed by atoms with Gasteiger partial charge in [0, 0.05) is 32.0 Å². The first kappa shape index (κ1) is 16.0. The van der Waals surface area contributed by atoms with E-state index in [2.05, 4.69) is 22.2 Å². The van der Waals surface area contributed by atoms with Gasteiger partial charge in [0.05, 0.1) is 5.69 Å². The Morgan fingerprint density at radius 1 is 1.37 bits per heavy atom. The molecule has 0 atom stereocenters. The molecule has 0 unspecified atom stereocenters. The van der Waals surface area contributed by atoms with Crippen molar-refractivity contribution in [1.29, 1.82) is 0 Å². The molecule has 106 valence electrons. The third kappa shape index (κ3) is 3.95. The SMILES string of the molecule is CCn1ccc(CSc2nnc(CCN)n2C)n1.Cl. The number of hydrogen-bond acceptors (Lipinski definition) is 5. The number of halogens is 1. The van der Waals surface area contributed by atoms with Crippen molar-refractivity contribution in [3.05, 3.63) is 23.8 Å². The van der Waals surface area contributed by atoms with E-state index in [1.807, 2.05) is 28.6 Å². The average Bonchev–Trinajstić information content (AvgIpc) is 2.96. The van der Waals surface area contributed by atoms with Gasteiger partial charge in [-0.05, 0) is 19.5 Å². The monoisotopic (exact) mass is 302 g/mol. The van der Waals surface area contributed by atoms with Gasteiger partial charge in [0.25, 0.3) is 0 Å². The highest BCUT2D eigenvalue weighted by Crippen LogP contribution is 2.20. The molecule has 6 nitrogen and oxygen atoms in total. The molecular formula is C11H19ClN6S. The largest absolute Gasteiger partial charge is 0.330 e. The first-order valence-corrected chi connectivity index (χ1v) is 6.96. The lowest BCUT2D eigenvalue weighted by molar-refractivity contribution is 0.652. The lowest BCUT2D eigenvalue weighted by Gasteiger charge is -2.01. The normalized spacial score (nSPS) is 10.5. The van der Waals surface area contributed by atoms with Crippen LogP contribution in [0.2, 0.25) is 0 Å². The summed E-state index contributed by atoms with van der Waals surface area (Å²) in [5.41, 5.74) is 6.58. The van der Waals surface area contributed by atoms with Crippen molar-refractivity contribution in [3.63, 3.8) is 0 Å². The number of rotatable bonds is 6. The van der Waals surface area contributed by atoms with Gasteiger partial charge in [-0.2, -0.15) is 5.10 Å². The summed E-state index contributed by atoms with van der Waals surface area (Å²) in [5, 5.41) is 13.6. The summed E-state index contributed by atoms with van der Waals surface area (Å²) in [7, 11) is 1.97. The van der Waals surface area contributed by atoms with Crippen molar-refractivity contribution >= 4 is 24.2 Å². The van der Waals surface area contributed by atoms with Crippen LogP contribution in [0.15, 0.2) is 17.4 Å². The molecule has 2 heterocycles. The van der Waals surface area contributed by atoms with Crippen LogP contribution in [0.3, 0.4) is 0 Å². The molecule has 2 rings (SSSR count). The van der Waals surface area contributed by atoms with Crippen LogP contribution in [0.25, 0.3) is 0 Å². The highest BCUT2D eigenvalue weighted by Gasteiger charge is 2.09. The zero-order valence-electron chi connectivity index (χ0n) is 11.1. The molecule has 0 bridgehead atoms. The zero-order valence-corrected chi connectivity index (χ0v) is 12.7. The molecule has 2 aromatic rings. The summed E-state index contributed by atoms with van der Waals surface area (Å²) in [4.78, 5) is 0. The maximum atomic E-state index is 5.52. The van der Waals surface area contributed by atoms with Crippen molar-refractivity contribution in [2.75, 3.05) is 6.54 Å². The minimum absolute atomic E-state index is 0. The third-order valence-electron chi connectivity index (χ3n) is 2.66. The van der Waals surface area contributed by atoms with Crippen LogP contribution < -0.4 is 5.73 Å². The summed E-state index contributed by atoms with van der Waals surface area (Å²) in [6, 6.07) is 2.04. The van der Waals surface area contributed by atoms with Gasteiger partial charge in [0.2, 0.25) is 0 Å². The average molecular weight is 303 g/mol. The molecule has 0 aliphatic rings. The smallest absolute Gasteiger partial charge is 0.191 e. The van der Waals surface area contributed by atoms with E-state index < -0.39 is 0 Å². The second-order valence-corrected chi connectivity index (χ2v) is 4.89. The van der Waals surface area contributed by atoms with Crippen LogP contribution in [-0.2, 0) is 25.8 Å². The van der Waals surface area contributed by atoms with Gasteiger partial charge in [-0.25, -0.2) is 0 Å². The van der Waals surface area contributed by atoms with E-state index in [-0.39, 0.29) is 12.4 Å². The third-order valence-corrected chi connectivity index (χ3v) is 3.72. The lowest BCUT2D eigenvalue weighted by atomic mass is 10.4. The van der Waals surface area contributed by atoms with E-state index in [4.69, 9.17) is 5.73 Å². The molecule has 2 aromatic heterocycles. The number of nitrogens with zero attached hydrogens (tertiary/aromatic N) is 5. The molecule has 0 aromatic carbocycles. The van der Waals surface area contributed by atoms with Crippen LogP contribution in [0.1, 0.15) is 18.4 Å². The minimum Gasteiger partial charge on any atom is -0.330 e. The quantitative estimate of drug-likeness (QED) is 0.813. The molecule has 0 spiro atoms. The van der Waals surface area contributed by atoms with E-state index in [1.165, 1.54) is 0 Å². The fourth-order valence-electron chi connectivity index (χ4n) is 1.61. The van der Waals surface area contributed by atoms with Crippen molar-refractivity contribution in [2.24, 2.45) is 12.8 Å². The second-order valence-electron chi connectivity index (χ2n) is 3.95. The Balaban J connectivity index is 0.00000180. The summed E-state index contributed by atoms with van der Waals surface area (Å²) in [5.74, 6) is 1.74. The maximum absolute atomic E-state index is 5.52. The molecule has 2 N–H and O–H groups in total. The standard InChI is InChI=1S/C11H18N6S.ClH/c1-3-17-7-5-9(15-17)8-18-11-14-13-10(4-6-12)16(11)2;/h5,7H,3-4,6,8,12H2,1-2H3;1H. The van der Waals surface area contributed by atoms with Crippen LogP contribution in [0.4, 0.5) is 0 Å². The van der Waals surface area contributed by atoms with Crippen LogP contribution in [0, 0.1) is 0 Å². The molecule has 0 aliphatic carbocycles. The molecular weight excluding hydrogens is 284 g/mol. The number of aryl methyl sites for hydroxylation is 1. The fourth-order valence-corrected chi connectivity index (χ4v) is 2.44. The number of thioether (sulfide) groups is 1. The Kier molecular flexibility index (Phi) is 6.33. The van der Waals surface area contributed by atoms with E-state index in [1.54, 1.807) is 11.8 Å². The molecule has 0 fully saturated rings. The van der Waals surface area contributed by atoms with Gasteiger partial charge in [-0.1, -0.05) is 11.8 Å². The Bertz CT molecular complexity index is 509. The summed E-state index contributed by atoms with van der Waals surface area (Å²) < 4.78 is 3.92. The first-order valence-electron chi connectivity index (χ1n) is 5.98. The van der Waals surface area contributed by atoms with Gasteiger partial charge in [-0.15, -0.1) is 22.6 Å². The highest BCUT2D eigenvalue weighted by molar-refractivity contribution is 7.98. The van der Waals surface area contributed by atoms with Gasteiger partial charge in [-0.3, -0.25) is 4.68 Å². The molecule has 0 amide bonds. The van der Waals surface area contributed by atoms with Crippen molar-refractivity contribution in [3.8, 4) is 0 Å². The highest BCUT2D eigenvalue weighted by atomic mass is 35.5. The molecule has 0 radical (unpaired) electrons. The Morgan fingerprint density at radius 2 is 2.16 bits per heavy atom. The Hall–Kier alpha value is -1.05. The maximum Gasteiger partial charge on any atom is 0.191 e. The molecule has 0 saturated heterocycles. The van der Waals surface area contributed by atoms with Crippen LogP contribution in [-0.4, -0.2) is 31.1 Å². The predicted molar refractivity (Wildman–Crippen MR) is 78.5 cm³/mol. The van der Waals surface area contributed by atoms with E-state index in [9.17, 15) is 0 Å². The van der Waals surface area contributed by atoms with E-state index >= 15 is 0 Å². The summed E-state index contributed by atoms with van der Waals surface area (Å²) in [6.07, 6.45) is 2.75. The van der Waals surface area contributed by atoms with Crippen molar-refractivity contribution in [2.45, 2.75) is 30.8 Å². The number of hydrogen-bond donors (Lipinski definition) is 1. The Morgan fingerprint density at radius 3 is 2.79 bits per heavy atom. The number of nitrogens with two attached hydrogens (primary N) is 1. The summed E-state index contributed by atoms with van der Waals surface area (Å²) >= 11 is 1.64. The first-order chi connectivity index (χ1) is 8.74. The molecule has 19 heavy (non-hydrogen) atoms. The Labute approximate surface area is 123 Å². The molecule has 8 heteroatoms. The van der Waals surface area contributed by atoms with Crippen molar-refractivity contribution in [1.82, 2.24) is 24.5 Å². The fraction of sp³-hybridized carbons (Fsp3) is 0.545. The van der Waals surface area contributed by atoms with Crippen LogP contribution in [0.5, 0.6) is 0 Å². The van der Waals surface area contributed by atoms with Gasteiger partial charge < -0.3 is 10.3 Å². The van der Waals surface area contributed by atoms with E-state index in [0.29, 0.717) is 6.54 Å². The van der Waals surface area contributed by atoms with Gasteiger partial charge in [0.15, 0.2) is 5.16 Å². The summed E-state index contributed by atoms with van der Waals surface area (Å²) in [6.45, 7) is 3.57. The predicted octanol–water partition coefficient (Wildman–Crippen LogP) is 1.25.